The molecule has 2 amide bonds. The van der Waals surface area contributed by atoms with E-state index in [-0.39, 0.29) is 11.8 Å². The smallest absolute Gasteiger partial charge is 0.231 e. The molecule has 2 rings (SSSR count). The van der Waals surface area contributed by atoms with Crippen LogP contribution in [0.5, 0.6) is 0 Å². The van der Waals surface area contributed by atoms with Crippen molar-refractivity contribution in [2.75, 3.05) is 23.9 Å². The van der Waals surface area contributed by atoms with Gasteiger partial charge in [-0.25, -0.2) is 0 Å². The Labute approximate surface area is 141 Å². The summed E-state index contributed by atoms with van der Waals surface area (Å²) in [6, 6.07) is 14.5. The van der Waals surface area contributed by atoms with Crippen LogP contribution in [0.15, 0.2) is 48.5 Å². The number of hydrogen-bond donors (Lipinski definition) is 0. The summed E-state index contributed by atoms with van der Waals surface area (Å²) in [6.07, 6.45) is 0.308. The van der Waals surface area contributed by atoms with Crippen molar-refractivity contribution in [3.05, 3.63) is 59.1 Å². The SMILES string of the molecule is CC(=O)N(C)c1ccc(N(C)C(=O)Cc2ccc(Cl)cc2)cc1. The van der Waals surface area contributed by atoms with Gasteiger partial charge in [0.2, 0.25) is 11.8 Å². The number of carbonyl (C=O) groups excluding carboxylic acids is 2. The Hall–Kier alpha value is -2.33. The van der Waals surface area contributed by atoms with Gasteiger partial charge < -0.3 is 9.80 Å². The summed E-state index contributed by atoms with van der Waals surface area (Å²) in [5, 5.41) is 0.653. The maximum atomic E-state index is 12.4. The van der Waals surface area contributed by atoms with Crippen LogP contribution in [0.25, 0.3) is 0 Å². The molecule has 0 aliphatic rings. The van der Waals surface area contributed by atoms with Gasteiger partial charge in [-0.1, -0.05) is 23.7 Å². The van der Waals surface area contributed by atoms with Crippen LogP contribution in [0.3, 0.4) is 0 Å². The molecule has 0 heterocycles. The number of amides is 2. The van der Waals surface area contributed by atoms with Crippen molar-refractivity contribution in [1.82, 2.24) is 0 Å². The topological polar surface area (TPSA) is 40.6 Å². The van der Waals surface area contributed by atoms with Gasteiger partial charge in [0.05, 0.1) is 6.42 Å². The van der Waals surface area contributed by atoms with Gasteiger partial charge in [-0.15, -0.1) is 0 Å². The van der Waals surface area contributed by atoms with E-state index in [9.17, 15) is 9.59 Å². The van der Waals surface area contributed by atoms with Gasteiger partial charge >= 0.3 is 0 Å². The molecule has 23 heavy (non-hydrogen) atoms. The molecule has 0 N–H and O–H groups in total. The van der Waals surface area contributed by atoms with Crippen LogP contribution >= 0.6 is 11.6 Å². The number of anilines is 2. The highest BCUT2D eigenvalue weighted by molar-refractivity contribution is 6.30. The zero-order chi connectivity index (χ0) is 17.0. The zero-order valence-electron chi connectivity index (χ0n) is 13.4. The van der Waals surface area contributed by atoms with E-state index in [0.29, 0.717) is 11.4 Å². The highest BCUT2D eigenvalue weighted by atomic mass is 35.5. The molecule has 120 valence electrons. The molecule has 0 aliphatic heterocycles. The Kier molecular flexibility index (Phi) is 5.40. The van der Waals surface area contributed by atoms with Crippen molar-refractivity contribution in [3.8, 4) is 0 Å². The Balaban J connectivity index is 2.07. The van der Waals surface area contributed by atoms with Crippen LogP contribution < -0.4 is 9.80 Å². The molecule has 0 saturated carbocycles. The highest BCUT2D eigenvalue weighted by Crippen LogP contribution is 2.20. The quantitative estimate of drug-likeness (QED) is 0.860. The van der Waals surface area contributed by atoms with E-state index in [0.717, 1.165) is 16.9 Å². The second kappa shape index (κ2) is 7.29. The van der Waals surface area contributed by atoms with E-state index in [1.807, 2.05) is 36.4 Å². The average Bonchev–Trinajstić information content (AvgIpc) is 2.55. The first kappa shape index (κ1) is 17.0. The van der Waals surface area contributed by atoms with Crippen molar-refractivity contribution in [2.45, 2.75) is 13.3 Å². The van der Waals surface area contributed by atoms with Crippen molar-refractivity contribution in [3.63, 3.8) is 0 Å². The summed E-state index contributed by atoms with van der Waals surface area (Å²) in [5.74, 6) is -0.0510. The number of halogens is 1. The van der Waals surface area contributed by atoms with Crippen molar-refractivity contribution < 1.29 is 9.59 Å². The first-order valence-electron chi connectivity index (χ1n) is 7.24. The van der Waals surface area contributed by atoms with E-state index in [2.05, 4.69) is 0 Å². The first-order chi connectivity index (χ1) is 10.9. The van der Waals surface area contributed by atoms with E-state index >= 15 is 0 Å². The van der Waals surface area contributed by atoms with Gasteiger partial charge in [0.1, 0.15) is 0 Å². The van der Waals surface area contributed by atoms with E-state index in [1.165, 1.54) is 6.92 Å². The van der Waals surface area contributed by atoms with Gasteiger partial charge in [-0.05, 0) is 42.0 Å². The van der Waals surface area contributed by atoms with Crippen molar-refractivity contribution in [1.29, 1.82) is 0 Å². The summed E-state index contributed by atoms with van der Waals surface area (Å²) in [4.78, 5) is 26.9. The van der Waals surface area contributed by atoms with Crippen LogP contribution in [0, 0.1) is 0 Å². The van der Waals surface area contributed by atoms with E-state index in [1.54, 1.807) is 36.0 Å². The molecule has 0 saturated heterocycles. The summed E-state index contributed by atoms with van der Waals surface area (Å²) >= 11 is 5.85. The van der Waals surface area contributed by atoms with Crippen LogP contribution in [-0.2, 0) is 16.0 Å². The minimum absolute atomic E-state index is 0.0139. The Bertz CT molecular complexity index is 696. The summed E-state index contributed by atoms with van der Waals surface area (Å²) in [7, 11) is 3.45. The normalized spacial score (nSPS) is 10.3. The second-order valence-electron chi connectivity index (χ2n) is 5.35. The number of hydrogen-bond acceptors (Lipinski definition) is 2. The molecule has 4 nitrogen and oxygen atoms in total. The molecule has 0 radical (unpaired) electrons. The third kappa shape index (κ3) is 4.33. The Morgan fingerprint density at radius 2 is 1.35 bits per heavy atom. The monoisotopic (exact) mass is 330 g/mol. The van der Waals surface area contributed by atoms with Gasteiger partial charge in [-0.3, -0.25) is 9.59 Å². The lowest BCUT2D eigenvalue weighted by molar-refractivity contribution is -0.118. The van der Waals surface area contributed by atoms with E-state index in [4.69, 9.17) is 11.6 Å². The molecule has 2 aromatic carbocycles. The molecule has 0 atom stereocenters. The number of carbonyl (C=O) groups is 2. The minimum atomic E-state index is -0.0371. The van der Waals surface area contributed by atoms with Crippen LogP contribution in [0.2, 0.25) is 5.02 Å². The molecule has 0 aliphatic carbocycles. The van der Waals surface area contributed by atoms with Gasteiger partial charge in [0, 0.05) is 37.4 Å². The molecular weight excluding hydrogens is 312 g/mol. The molecule has 0 spiro atoms. The highest BCUT2D eigenvalue weighted by Gasteiger charge is 2.12. The molecule has 5 heteroatoms. The van der Waals surface area contributed by atoms with Crippen molar-refractivity contribution in [2.24, 2.45) is 0 Å². The summed E-state index contributed by atoms with van der Waals surface area (Å²) < 4.78 is 0. The maximum absolute atomic E-state index is 12.4. The van der Waals surface area contributed by atoms with E-state index < -0.39 is 0 Å². The molecule has 0 fully saturated rings. The summed E-state index contributed by atoms with van der Waals surface area (Å²) in [6.45, 7) is 1.51. The van der Waals surface area contributed by atoms with Gasteiger partial charge in [0.25, 0.3) is 0 Å². The number of nitrogens with zero attached hydrogens (tertiary/aromatic N) is 2. The molecule has 2 aromatic rings. The van der Waals surface area contributed by atoms with Gasteiger partial charge in [0.15, 0.2) is 0 Å². The number of likely N-dealkylation sites (N-methyl/N-ethyl adjacent to an activating group) is 1. The number of benzene rings is 2. The standard InChI is InChI=1S/C18H19ClN2O2/c1-13(22)20(2)16-8-10-17(11-9-16)21(3)18(23)12-14-4-6-15(19)7-5-14/h4-11H,12H2,1-3H3. The minimum Gasteiger partial charge on any atom is -0.316 e. The van der Waals surface area contributed by atoms with Crippen LogP contribution in [0.4, 0.5) is 11.4 Å². The molecular formula is C18H19ClN2O2. The molecule has 0 unspecified atom stereocenters. The second-order valence-corrected chi connectivity index (χ2v) is 5.79. The van der Waals surface area contributed by atoms with Crippen molar-refractivity contribution >= 4 is 34.8 Å². The summed E-state index contributed by atoms with van der Waals surface area (Å²) in [5.41, 5.74) is 2.49. The van der Waals surface area contributed by atoms with Crippen LogP contribution in [0.1, 0.15) is 12.5 Å². The van der Waals surface area contributed by atoms with Gasteiger partial charge in [-0.2, -0.15) is 0 Å². The molecule has 0 aromatic heterocycles. The average molecular weight is 331 g/mol. The predicted molar refractivity (Wildman–Crippen MR) is 94.1 cm³/mol. The van der Waals surface area contributed by atoms with Crippen LogP contribution in [-0.4, -0.2) is 25.9 Å². The Morgan fingerprint density at radius 3 is 1.83 bits per heavy atom. The zero-order valence-corrected chi connectivity index (χ0v) is 14.2. The lowest BCUT2D eigenvalue weighted by atomic mass is 10.1. The fourth-order valence-corrected chi connectivity index (χ4v) is 2.25. The third-order valence-corrected chi connectivity index (χ3v) is 3.99. The first-order valence-corrected chi connectivity index (χ1v) is 7.61. The largest absolute Gasteiger partial charge is 0.316 e. The predicted octanol–water partition coefficient (Wildman–Crippen LogP) is 3.53. The lowest BCUT2D eigenvalue weighted by Crippen LogP contribution is -2.28. The lowest BCUT2D eigenvalue weighted by Gasteiger charge is -2.20. The fraction of sp³-hybridized carbons (Fsp3) is 0.222. The number of rotatable bonds is 4. The molecule has 0 bridgehead atoms. The maximum Gasteiger partial charge on any atom is 0.231 e. The third-order valence-electron chi connectivity index (χ3n) is 3.74. The Morgan fingerprint density at radius 1 is 0.870 bits per heavy atom. The fourth-order valence-electron chi connectivity index (χ4n) is 2.12.